The molecule has 25 heavy (non-hydrogen) atoms. The zero-order valence-corrected chi connectivity index (χ0v) is 14.2. The van der Waals surface area contributed by atoms with Crippen molar-refractivity contribution < 1.29 is 18.4 Å². The topological polar surface area (TPSA) is 81.6 Å². The van der Waals surface area contributed by atoms with Crippen LogP contribution in [-0.4, -0.2) is 40.7 Å². The van der Waals surface area contributed by atoms with Crippen LogP contribution in [-0.2, 0) is 11.2 Å². The number of carbonyl (C=O) groups is 1. The molecule has 1 aliphatic heterocycles. The Bertz CT molecular complexity index is 914. The average molecular weight is 341 g/mol. The first kappa shape index (κ1) is 15.8. The molecule has 0 radical (unpaired) electrons. The lowest BCUT2D eigenvalue weighted by molar-refractivity contribution is -0.0349. The zero-order valence-electron chi connectivity index (χ0n) is 14.2. The third-order valence-electron chi connectivity index (χ3n) is 4.37. The number of ether oxygens (including phenoxy) is 1. The molecule has 7 heteroatoms. The smallest absolute Gasteiger partial charge is 0.258 e. The zero-order chi connectivity index (χ0) is 17.4. The normalized spacial score (nSPS) is 18.0. The van der Waals surface area contributed by atoms with E-state index in [0.717, 1.165) is 11.0 Å². The largest absolute Gasteiger partial charge is 0.460 e. The number of amides is 1. The van der Waals surface area contributed by atoms with Crippen molar-refractivity contribution in [1.29, 1.82) is 0 Å². The minimum Gasteiger partial charge on any atom is -0.460 e. The molecule has 130 valence electrons. The fourth-order valence-corrected chi connectivity index (χ4v) is 3.16. The van der Waals surface area contributed by atoms with E-state index in [1.54, 1.807) is 11.8 Å². The van der Waals surface area contributed by atoms with Gasteiger partial charge in [0.25, 0.3) is 5.91 Å². The molecule has 3 heterocycles. The number of para-hydroxylation sites is 1. The molecule has 1 aliphatic rings. The Balaban J connectivity index is 1.64. The molecule has 4 rings (SSSR count). The molecule has 1 unspecified atom stereocenters. The number of aryl methyl sites for hydroxylation is 2. The fourth-order valence-electron chi connectivity index (χ4n) is 3.16. The summed E-state index contributed by atoms with van der Waals surface area (Å²) in [6.45, 7) is 5.04. The molecule has 1 aromatic carbocycles. The molecule has 0 bridgehead atoms. The summed E-state index contributed by atoms with van der Waals surface area (Å²) in [5, 5.41) is 8.69. The van der Waals surface area contributed by atoms with Crippen LogP contribution in [0.5, 0.6) is 0 Å². The van der Waals surface area contributed by atoms with Crippen LogP contribution in [0.4, 0.5) is 0 Å². The molecule has 3 aromatic rings. The summed E-state index contributed by atoms with van der Waals surface area (Å²) in [5.74, 6) is 1.55. The molecular formula is C18H19N3O4. The molecule has 1 atom stereocenters. The number of nitrogens with zero attached hydrogens (tertiary/aromatic N) is 3. The Kier molecular flexibility index (Phi) is 4.01. The van der Waals surface area contributed by atoms with Crippen molar-refractivity contribution >= 4 is 16.9 Å². The van der Waals surface area contributed by atoms with Crippen LogP contribution in [0.1, 0.15) is 40.9 Å². The minimum atomic E-state index is -0.401. The molecular weight excluding hydrogens is 322 g/mol. The SMILES string of the molecule is CCc1oc2ccccc2c1C(=O)N1CCOC(c2nnc(C)o2)C1. The van der Waals surface area contributed by atoms with Crippen LogP contribution in [0, 0.1) is 6.92 Å². The van der Waals surface area contributed by atoms with Crippen molar-refractivity contribution in [2.24, 2.45) is 0 Å². The highest BCUT2D eigenvalue weighted by Gasteiger charge is 2.32. The van der Waals surface area contributed by atoms with Gasteiger partial charge < -0.3 is 18.5 Å². The van der Waals surface area contributed by atoms with Gasteiger partial charge in [0.15, 0.2) is 6.10 Å². The number of fused-ring (bicyclic) bond motifs is 1. The molecule has 0 aliphatic carbocycles. The van der Waals surface area contributed by atoms with Crippen molar-refractivity contribution in [1.82, 2.24) is 15.1 Å². The quantitative estimate of drug-likeness (QED) is 0.728. The van der Waals surface area contributed by atoms with Gasteiger partial charge in [0.1, 0.15) is 11.3 Å². The van der Waals surface area contributed by atoms with Gasteiger partial charge in [-0.2, -0.15) is 0 Å². The van der Waals surface area contributed by atoms with Crippen molar-refractivity contribution in [3.63, 3.8) is 0 Å². The first-order valence-electron chi connectivity index (χ1n) is 8.38. The molecule has 1 saturated heterocycles. The first-order chi connectivity index (χ1) is 12.2. The second-order valence-corrected chi connectivity index (χ2v) is 6.02. The summed E-state index contributed by atoms with van der Waals surface area (Å²) in [6, 6.07) is 7.62. The van der Waals surface area contributed by atoms with E-state index in [1.807, 2.05) is 31.2 Å². The van der Waals surface area contributed by atoms with Crippen molar-refractivity contribution in [3.8, 4) is 0 Å². The van der Waals surface area contributed by atoms with Gasteiger partial charge in [-0.1, -0.05) is 25.1 Å². The summed E-state index contributed by atoms with van der Waals surface area (Å²) < 4.78 is 17.0. The van der Waals surface area contributed by atoms with Crippen LogP contribution >= 0.6 is 0 Å². The monoisotopic (exact) mass is 341 g/mol. The van der Waals surface area contributed by atoms with Gasteiger partial charge in [-0.15, -0.1) is 10.2 Å². The van der Waals surface area contributed by atoms with Crippen molar-refractivity contribution in [3.05, 3.63) is 47.4 Å². The molecule has 0 saturated carbocycles. The molecule has 7 nitrogen and oxygen atoms in total. The fraction of sp³-hybridized carbons (Fsp3) is 0.389. The maximum absolute atomic E-state index is 13.2. The summed E-state index contributed by atoms with van der Waals surface area (Å²) in [4.78, 5) is 14.9. The van der Waals surface area contributed by atoms with Gasteiger partial charge in [-0.25, -0.2) is 0 Å². The Hall–Kier alpha value is -2.67. The van der Waals surface area contributed by atoms with Crippen LogP contribution in [0.15, 0.2) is 33.1 Å². The van der Waals surface area contributed by atoms with Crippen molar-refractivity contribution in [2.45, 2.75) is 26.4 Å². The highest BCUT2D eigenvalue weighted by atomic mass is 16.5. The lowest BCUT2D eigenvalue weighted by Gasteiger charge is -2.31. The third-order valence-corrected chi connectivity index (χ3v) is 4.37. The number of hydrogen-bond donors (Lipinski definition) is 0. The van der Waals surface area contributed by atoms with E-state index < -0.39 is 6.10 Å². The molecule has 1 amide bonds. The van der Waals surface area contributed by atoms with Crippen LogP contribution in [0.2, 0.25) is 0 Å². The number of hydrogen-bond acceptors (Lipinski definition) is 6. The maximum atomic E-state index is 13.2. The third kappa shape index (κ3) is 2.80. The van der Waals surface area contributed by atoms with E-state index in [-0.39, 0.29) is 5.91 Å². The predicted molar refractivity (Wildman–Crippen MR) is 89.2 cm³/mol. The number of benzene rings is 1. The van der Waals surface area contributed by atoms with Gasteiger partial charge in [0.2, 0.25) is 11.8 Å². The number of furan rings is 1. The molecule has 2 aromatic heterocycles. The Morgan fingerprint density at radius 1 is 1.28 bits per heavy atom. The highest BCUT2D eigenvalue weighted by Crippen LogP contribution is 2.29. The Morgan fingerprint density at radius 3 is 2.88 bits per heavy atom. The number of aromatic nitrogens is 2. The summed E-state index contributed by atoms with van der Waals surface area (Å²) in [6.07, 6.45) is 0.258. The van der Waals surface area contributed by atoms with Crippen molar-refractivity contribution in [2.75, 3.05) is 19.7 Å². The van der Waals surface area contributed by atoms with Gasteiger partial charge in [0.05, 0.1) is 18.7 Å². The number of carbonyl (C=O) groups excluding carboxylic acids is 1. The lowest BCUT2D eigenvalue weighted by atomic mass is 10.1. The highest BCUT2D eigenvalue weighted by molar-refractivity contribution is 6.07. The van der Waals surface area contributed by atoms with Gasteiger partial charge in [-0.05, 0) is 6.07 Å². The van der Waals surface area contributed by atoms with E-state index in [0.29, 0.717) is 49.2 Å². The van der Waals surface area contributed by atoms with E-state index in [9.17, 15) is 4.79 Å². The van der Waals surface area contributed by atoms with E-state index in [2.05, 4.69) is 10.2 Å². The molecule has 1 fully saturated rings. The van der Waals surface area contributed by atoms with Crippen LogP contribution in [0.3, 0.4) is 0 Å². The van der Waals surface area contributed by atoms with Gasteiger partial charge in [-0.3, -0.25) is 4.79 Å². The summed E-state index contributed by atoms with van der Waals surface area (Å²) >= 11 is 0. The van der Waals surface area contributed by atoms with Crippen LogP contribution in [0.25, 0.3) is 11.0 Å². The second kappa shape index (κ2) is 6.33. The summed E-state index contributed by atoms with van der Waals surface area (Å²) in [5.41, 5.74) is 1.38. The molecule has 0 N–H and O–H groups in total. The molecule has 0 spiro atoms. The minimum absolute atomic E-state index is 0.0497. The number of rotatable bonds is 3. The van der Waals surface area contributed by atoms with E-state index in [4.69, 9.17) is 13.6 Å². The Labute approximate surface area is 144 Å². The average Bonchev–Trinajstić information content (AvgIpc) is 3.24. The second-order valence-electron chi connectivity index (χ2n) is 6.02. The van der Waals surface area contributed by atoms with E-state index >= 15 is 0 Å². The van der Waals surface area contributed by atoms with Crippen LogP contribution < -0.4 is 0 Å². The summed E-state index contributed by atoms with van der Waals surface area (Å²) in [7, 11) is 0. The Morgan fingerprint density at radius 2 is 2.12 bits per heavy atom. The number of morpholine rings is 1. The standard InChI is InChI=1S/C18H19N3O4/c1-3-13-16(12-6-4-5-7-14(12)25-13)18(22)21-8-9-23-15(10-21)17-20-19-11(2)24-17/h4-7,15H,3,8-10H2,1-2H3. The predicted octanol–water partition coefficient (Wildman–Crippen LogP) is 2.90. The van der Waals surface area contributed by atoms with Gasteiger partial charge >= 0.3 is 0 Å². The first-order valence-corrected chi connectivity index (χ1v) is 8.38. The lowest BCUT2D eigenvalue weighted by Crippen LogP contribution is -2.42. The maximum Gasteiger partial charge on any atom is 0.258 e. The van der Waals surface area contributed by atoms with Gasteiger partial charge in [0, 0.05) is 25.3 Å². The van der Waals surface area contributed by atoms with E-state index in [1.165, 1.54) is 0 Å².